The summed E-state index contributed by atoms with van der Waals surface area (Å²) in [6, 6.07) is 20.8. The molecule has 2 rings (SSSR count). The SMILES string of the molecule is C=C(C)C(=O)OOP(=O)([O-])OCC.c1ccc(-c2ccccc2)cc1. The summed E-state index contributed by atoms with van der Waals surface area (Å²) < 4.78 is 18.5. The van der Waals surface area contributed by atoms with Crippen molar-refractivity contribution in [2.75, 3.05) is 6.61 Å². The minimum Gasteiger partial charge on any atom is -0.754 e. The molecule has 134 valence electrons. The van der Waals surface area contributed by atoms with Crippen molar-refractivity contribution in [3.05, 3.63) is 72.8 Å². The van der Waals surface area contributed by atoms with Crippen molar-refractivity contribution in [3.8, 4) is 11.1 Å². The van der Waals surface area contributed by atoms with Crippen LogP contribution >= 0.6 is 7.82 Å². The number of phosphoric ester groups is 1. The number of hydrogen-bond acceptors (Lipinski definition) is 6. The lowest BCUT2D eigenvalue weighted by Crippen LogP contribution is -2.12. The van der Waals surface area contributed by atoms with Crippen molar-refractivity contribution >= 4 is 13.8 Å². The second-order valence-electron chi connectivity index (χ2n) is 4.82. The van der Waals surface area contributed by atoms with Crippen LogP contribution < -0.4 is 4.89 Å². The molecule has 0 heterocycles. The van der Waals surface area contributed by atoms with Crippen LogP contribution in [-0.2, 0) is 23.4 Å². The Bertz CT molecular complexity index is 677. The van der Waals surface area contributed by atoms with E-state index in [0.717, 1.165) is 0 Å². The van der Waals surface area contributed by atoms with Crippen molar-refractivity contribution in [1.82, 2.24) is 0 Å². The number of carbonyl (C=O) groups excluding carboxylic acids is 1. The smallest absolute Gasteiger partial charge is 0.368 e. The number of benzene rings is 2. The monoisotopic (exact) mass is 363 g/mol. The highest BCUT2D eigenvalue weighted by Crippen LogP contribution is 2.38. The molecule has 0 saturated heterocycles. The summed E-state index contributed by atoms with van der Waals surface area (Å²) in [5, 5.41) is 0. The second kappa shape index (κ2) is 10.6. The van der Waals surface area contributed by atoms with Crippen LogP contribution in [0, 0.1) is 0 Å². The number of rotatable bonds is 6. The van der Waals surface area contributed by atoms with Gasteiger partial charge in [-0.1, -0.05) is 67.2 Å². The lowest BCUT2D eigenvalue weighted by atomic mass is 10.1. The van der Waals surface area contributed by atoms with E-state index in [9.17, 15) is 14.3 Å². The van der Waals surface area contributed by atoms with Crippen LogP contribution in [0.2, 0.25) is 0 Å². The third kappa shape index (κ3) is 8.42. The van der Waals surface area contributed by atoms with Gasteiger partial charge in [0.2, 0.25) is 0 Å². The minimum absolute atomic E-state index is 0.0245. The maximum atomic E-state index is 10.6. The Morgan fingerprint density at radius 3 is 1.84 bits per heavy atom. The lowest BCUT2D eigenvalue weighted by molar-refractivity contribution is -0.290. The van der Waals surface area contributed by atoms with Gasteiger partial charge in [0.15, 0.2) is 0 Å². The molecule has 1 unspecified atom stereocenters. The molecule has 6 nitrogen and oxygen atoms in total. The Morgan fingerprint density at radius 1 is 1.04 bits per heavy atom. The average molecular weight is 363 g/mol. The molecular weight excluding hydrogens is 343 g/mol. The summed E-state index contributed by atoms with van der Waals surface area (Å²) in [7, 11) is -4.52. The van der Waals surface area contributed by atoms with Gasteiger partial charge in [-0.3, -0.25) is 9.45 Å². The van der Waals surface area contributed by atoms with Crippen LogP contribution in [0.3, 0.4) is 0 Å². The number of phosphoric acid groups is 1. The minimum atomic E-state index is -4.52. The first-order valence-electron chi connectivity index (χ1n) is 7.48. The second-order valence-corrected chi connectivity index (χ2v) is 6.12. The van der Waals surface area contributed by atoms with Gasteiger partial charge in [-0.25, -0.2) is 4.79 Å². The van der Waals surface area contributed by atoms with E-state index in [0.29, 0.717) is 0 Å². The van der Waals surface area contributed by atoms with E-state index in [-0.39, 0.29) is 12.2 Å². The van der Waals surface area contributed by atoms with Crippen molar-refractivity contribution in [2.24, 2.45) is 0 Å². The molecule has 0 spiro atoms. The van der Waals surface area contributed by atoms with E-state index in [4.69, 9.17) is 0 Å². The van der Waals surface area contributed by atoms with Gasteiger partial charge in [0.05, 0.1) is 6.61 Å². The molecule has 2 aromatic rings. The number of hydrogen-bond donors (Lipinski definition) is 0. The van der Waals surface area contributed by atoms with E-state index in [2.05, 4.69) is 69.2 Å². The molecule has 25 heavy (non-hydrogen) atoms. The van der Waals surface area contributed by atoms with Gasteiger partial charge in [0, 0.05) is 5.57 Å². The van der Waals surface area contributed by atoms with Gasteiger partial charge in [-0.05, 0) is 25.0 Å². The summed E-state index contributed by atoms with van der Waals surface area (Å²) in [6.07, 6.45) is 0. The van der Waals surface area contributed by atoms with Crippen LogP contribution in [0.1, 0.15) is 13.8 Å². The molecule has 0 aliphatic rings. The van der Waals surface area contributed by atoms with Crippen LogP contribution in [0.4, 0.5) is 0 Å². The van der Waals surface area contributed by atoms with Crippen molar-refractivity contribution in [2.45, 2.75) is 13.8 Å². The van der Waals surface area contributed by atoms with Gasteiger partial charge in [-0.2, -0.15) is 0 Å². The van der Waals surface area contributed by atoms with Crippen LogP contribution in [-0.4, -0.2) is 12.6 Å². The zero-order valence-corrected chi connectivity index (χ0v) is 15.0. The van der Waals surface area contributed by atoms with E-state index in [1.807, 2.05) is 12.1 Å². The molecule has 0 saturated carbocycles. The zero-order valence-electron chi connectivity index (χ0n) is 14.1. The summed E-state index contributed by atoms with van der Waals surface area (Å²) in [5.74, 6) is -0.962. The van der Waals surface area contributed by atoms with Gasteiger partial charge < -0.3 is 9.42 Å². The largest absolute Gasteiger partial charge is 0.754 e. The maximum Gasteiger partial charge on any atom is 0.368 e. The maximum absolute atomic E-state index is 10.6. The first-order chi connectivity index (χ1) is 11.9. The van der Waals surface area contributed by atoms with Gasteiger partial charge in [0.25, 0.3) is 0 Å². The van der Waals surface area contributed by atoms with Crippen LogP contribution in [0.15, 0.2) is 72.8 Å². The van der Waals surface area contributed by atoms with Gasteiger partial charge in [0.1, 0.15) is 0 Å². The van der Waals surface area contributed by atoms with E-state index < -0.39 is 13.8 Å². The molecule has 0 amide bonds. The average Bonchev–Trinajstić information content (AvgIpc) is 2.62. The molecule has 0 aliphatic carbocycles. The van der Waals surface area contributed by atoms with Crippen LogP contribution in [0.25, 0.3) is 11.1 Å². The van der Waals surface area contributed by atoms with Crippen molar-refractivity contribution in [1.29, 1.82) is 0 Å². The van der Waals surface area contributed by atoms with E-state index in [1.165, 1.54) is 25.0 Å². The Morgan fingerprint density at radius 2 is 1.48 bits per heavy atom. The molecule has 2 aromatic carbocycles. The highest BCUT2D eigenvalue weighted by molar-refractivity contribution is 7.45. The Labute approximate surface area is 147 Å². The molecule has 0 bridgehead atoms. The summed E-state index contributed by atoms with van der Waals surface area (Å²) in [4.78, 5) is 25.1. The summed E-state index contributed by atoms with van der Waals surface area (Å²) in [6.45, 7) is 5.92. The molecule has 0 N–H and O–H groups in total. The van der Waals surface area contributed by atoms with Gasteiger partial charge in [-0.15, -0.1) is 4.67 Å². The number of carbonyl (C=O) groups is 1. The molecule has 7 heteroatoms. The normalized spacial score (nSPS) is 12.3. The third-order valence-corrected chi connectivity index (χ3v) is 3.55. The third-order valence-electron chi connectivity index (χ3n) is 2.72. The summed E-state index contributed by atoms with van der Waals surface area (Å²) >= 11 is 0. The Hall–Kier alpha value is -2.24. The molecule has 1 atom stereocenters. The van der Waals surface area contributed by atoms with Crippen molar-refractivity contribution in [3.63, 3.8) is 0 Å². The fourth-order valence-corrected chi connectivity index (χ4v) is 2.11. The van der Waals surface area contributed by atoms with E-state index in [1.54, 1.807) is 0 Å². The standard InChI is InChI=1S/C12H10.C6H11O6P/c1-3-7-11(8-4-1)12-9-5-2-6-10-12;1-4-10-13(8,9)12-11-6(7)5(2)3/h1-10H;2,4H2,1,3H3,(H,8,9)/p-1. The first-order valence-corrected chi connectivity index (χ1v) is 8.94. The zero-order chi connectivity index (χ0) is 18.7. The highest BCUT2D eigenvalue weighted by Gasteiger charge is 2.13. The molecule has 0 fully saturated rings. The topological polar surface area (TPSA) is 84.9 Å². The Kier molecular flexibility index (Phi) is 8.81. The van der Waals surface area contributed by atoms with E-state index >= 15 is 0 Å². The molecular formula is C18H20O6P-. The first kappa shape index (κ1) is 20.8. The predicted molar refractivity (Wildman–Crippen MR) is 93.1 cm³/mol. The predicted octanol–water partition coefficient (Wildman–Crippen LogP) is 3.90. The van der Waals surface area contributed by atoms with Gasteiger partial charge >= 0.3 is 13.8 Å². The lowest BCUT2D eigenvalue weighted by Gasteiger charge is -2.18. The quantitative estimate of drug-likeness (QED) is 0.335. The Balaban J connectivity index is 0.000000250. The molecule has 0 aliphatic heterocycles. The fourth-order valence-electron chi connectivity index (χ4n) is 1.59. The van der Waals surface area contributed by atoms with Crippen molar-refractivity contribution < 1.29 is 28.3 Å². The highest BCUT2D eigenvalue weighted by atomic mass is 31.2. The molecule has 0 aromatic heterocycles. The fraction of sp³-hybridized carbons (Fsp3) is 0.167. The molecule has 0 radical (unpaired) electrons. The van der Waals surface area contributed by atoms with Crippen LogP contribution in [0.5, 0.6) is 0 Å². The summed E-state index contributed by atoms with van der Waals surface area (Å²) in [5.41, 5.74) is 2.58.